The first-order valence-corrected chi connectivity index (χ1v) is 6.64. The Morgan fingerprint density at radius 1 is 1.05 bits per heavy atom. The number of fused-ring (bicyclic) bond motifs is 1. The quantitative estimate of drug-likeness (QED) is 0.831. The van der Waals surface area contributed by atoms with E-state index in [0.717, 1.165) is 22.7 Å². The fourth-order valence-corrected chi connectivity index (χ4v) is 2.71. The van der Waals surface area contributed by atoms with Crippen molar-refractivity contribution in [3.8, 4) is 5.75 Å². The van der Waals surface area contributed by atoms with E-state index in [9.17, 15) is 4.79 Å². The number of hydrogen-bond acceptors (Lipinski definition) is 2. The third-order valence-electron chi connectivity index (χ3n) is 3.87. The van der Waals surface area contributed by atoms with E-state index in [4.69, 9.17) is 4.74 Å². The lowest BCUT2D eigenvalue weighted by molar-refractivity contribution is -0.121. The van der Waals surface area contributed by atoms with E-state index in [2.05, 4.69) is 0 Å². The third kappa shape index (κ3) is 1.70. The summed E-state index contributed by atoms with van der Waals surface area (Å²) in [5, 5.41) is 0. The van der Waals surface area contributed by atoms with Crippen LogP contribution in [0, 0.1) is 0 Å². The first-order valence-electron chi connectivity index (χ1n) is 6.64. The lowest BCUT2D eigenvalue weighted by Gasteiger charge is -2.21. The molecule has 0 aromatic heterocycles. The van der Waals surface area contributed by atoms with Gasteiger partial charge in [0.2, 0.25) is 5.91 Å². The van der Waals surface area contributed by atoms with E-state index in [1.54, 1.807) is 12.0 Å². The highest BCUT2D eigenvalue weighted by Gasteiger charge is 2.44. The van der Waals surface area contributed by atoms with E-state index in [0.29, 0.717) is 0 Å². The molecule has 0 saturated heterocycles. The lowest BCUT2D eigenvalue weighted by atomic mass is 9.86. The van der Waals surface area contributed by atoms with Crippen molar-refractivity contribution in [1.29, 1.82) is 0 Å². The number of methoxy groups -OCH3 is 1. The number of para-hydroxylation sites is 1. The van der Waals surface area contributed by atoms with Gasteiger partial charge in [-0.2, -0.15) is 0 Å². The van der Waals surface area contributed by atoms with Gasteiger partial charge in [0.15, 0.2) is 0 Å². The number of carbonyl (C=O) groups is 1. The van der Waals surface area contributed by atoms with Crippen LogP contribution in [0.3, 0.4) is 0 Å². The summed E-state index contributed by atoms with van der Waals surface area (Å²) in [5.74, 6) is 0.837. The molecule has 2 aromatic carbocycles. The molecule has 0 atom stereocenters. The number of carbonyl (C=O) groups excluding carboxylic acids is 1. The summed E-state index contributed by atoms with van der Waals surface area (Å²) in [6, 6.07) is 15.5. The zero-order valence-corrected chi connectivity index (χ0v) is 11.9. The first kappa shape index (κ1) is 12.7. The minimum atomic E-state index is -0.500. The van der Waals surface area contributed by atoms with E-state index in [-0.39, 0.29) is 5.91 Å². The van der Waals surface area contributed by atoms with Crippen molar-refractivity contribution >= 4 is 17.3 Å². The van der Waals surface area contributed by atoms with E-state index < -0.39 is 5.41 Å². The zero-order valence-electron chi connectivity index (χ0n) is 11.9. The molecule has 1 aliphatic rings. The number of nitrogens with zero attached hydrogens (tertiary/aromatic N) is 1. The van der Waals surface area contributed by atoms with Crippen molar-refractivity contribution in [2.24, 2.45) is 0 Å². The maximum atomic E-state index is 12.8. The summed E-state index contributed by atoms with van der Waals surface area (Å²) in [5.41, 5.74) is 2.36. The molecule has 0 saturated carbocycles. The van der Waals surface area contributed by atoms with Gasteiger partial charge in [-0.15, -0.1) is 0 Å². The molecule has 0 spiro atoms. The Morgan fingerprint density at radius 3 is 2.55 bits per heavy atom. The van der Waals surface area contributed by atoms with Gasteiger partial charge < -0.3 is 4.74 Å². The average molecular weight is 267 g/mol. The predicted molar refractivity (Wildman–Crippen MR) is 79.6 cm³/mol. The first-order chi connectivity index (χ1) is 9.55. The molecule has 0 N–H and O–H groups in total. The molecule has 1 heterocycles. The summed E-state index contributed by atoms with van der Waals surface area (Å²) in [4.78, 5) is 14.5. The molecule has 1 amide bonds. The van der Waals surface area contributed by atoms with Crippen molar-refractivity contribution in [1.82, 2.24) is 0 Å². The summed E-state index contributed by atoms with van der Waals surface area (Å²) in [6.07, 6.45) is 0. The molecule has 3 rings (SSSR count). The smallest absolute Gasteiger partial charge is 0.241 e. The molecule has 0 bridgehead atoms. The Hall–Kier alpha value is -2.29. The number of ether oxygens (including phenoxy) is 1. The summed E-state index contributed by atoms with van der Waals surface area (Å²) < 4.78 is 5.25. The minimum absolute atomic E-state index is 0.0898. The van der Waals surface area contributed by atoms with Crippen LogP contribution in [-0.4, -0.2) is 13.0 Å². The number of amides is 1. The van der Waals surface area contributed by atoms with Crippen LogP contribution in [-0.2, 0) is 10.2 Å². The Balaban J connectivity index is 2.17. The maximum Gasteiger partial charge on any atom is 0.241 e. The van der Waals surface area contributed by atoms with Gasteiger partial charge >= 0.3 is 0 Å². The highest BCUT2D eigenvalue weighted by atomic mass is 16.5. The van der Waals surface area contributed by atoms with Crippen LogP contribution in [0.4, 0.5) is 11.4 Å². The third-order valence-corrected chi connectivity index (χ3v) is 3.87. The molecule has 3 heteroatoms. The second-order valence-corrected chi connectivity index (χ2v) is 5.48. The molecule has 3 nitrogen and oxygen atoms in total. The van der Waals surface area contributed by atoms with Gasteiger partial charge in [0, 0.05) is 6.07 Å². The molecule has 1 aliphatic heterocycles. The lowest BCUT2D eigenvalue weighted by Crippen LogP contribution is -2.33. The van der Waals surface area contributed by atoms with E-state index >= 15 is 0 Å². The van der Waals surface area contributed by atoms with Crippen molar-refractivity contribution < 1.29 is 9.53 Å². The SMILES string of the molecule is COc1cccc(N2C(=O)C(C)(C)c3ccccc32)c1. The van der Waals surface area contributed by atoms with Crippen LogP contribution in [0.25, 0.3) is 0 Å². The van der Waals surface area contributed by atoms with Crippen molar-refractivity contribution in [3.63, 3.8) is 0 Å². The predicted octanol–water partition coefficient (Wildman–Crippen LogP) is 3.65. The van der Waals surface area contributed by atoms with E-state index in [1.807, 2.05) is 62.4 Å². The number of hydrogen-bond donors (Lipinski definition) is 0. The summed E-state index contributed by atoms with van der Waals surface area (Å²) in [6.45, 7) is 3.93. The Bertz CT molecular complexity index is 676. The minimum Gasteiger partial charge on any atom is -0.497 e. The van der Waals surface area contributed by atoms with Gasteiger partial charge in [-0.05, 0) is 37.6 Å². The zero-order chi connectivity index (χ0) is 14.3. The maximum absolute atomic E-state index is 12.8. The van der Waals surface area contributed by atoms with Gasteiger partial charge in [-0.3, -0.25) is 9.69 Å². The largest absolute Gasteiger partial charge is 0.497 e. The van der Waals surface area contributed by atoms with Crippen LogP contribution in [0.15, 0.2) is 48.5 Å². The Labute approximate surface area is 118 Å². The number of anilines is 2. The summed E-state index contributed by atoms with van der Waals surface area (Å²) in [7, 11) is 1.63. The van der Waals surface area contributed by atoms with Crippen LogP contribution in [0.1, 0.15) is 19.4 Å². The fraction of sp³-hybridized carbons (Fsp3) is 0.235. The molecule has 2 aromatic rings. The standard InChI is InChI=1S/C17H17NO2/c1-17(2)14-9-4-5-10-15(14)18(16(17)19)12-7-6-8-13(11-12)20-3/h4-11H,1-3H3. The van der Waals surface area contributed by atoms with Crippen LogP contribution in [0.5, 0.6) is 5.75 Å². The molecule has 0 unspecified atom stereocenters. The van der Waals surface area contributed by atoms with Gasteiger partial charge in [-0.1, -0.05) is 24.3 Å². The molecule has 0 radical (unpaired) electrons. The molecule has 20 heavy (non-hydrogen) atoms. The fourth-order valence-electron chi connectivity index (χ4n) is 2.71. The molecular weight excluding hydrogens is 250 g/mol. The second-order valence-electron chi connectivity index (χ2n) is 5.48. The van der Waals surface area contributed by atoms with Gasteiger partial charge in [-0.25, -0.2) is 0 Å². The van der Waals surface area contributed by atoms with Crippen LogP contribution in [0.2, 0.25) is 0 Å². The molecule has 102 valence electrons. The molecule has 0 fully saturated rings. The van der Waals surface area contributed by atoms with Gasteiger partial charge in [0.1, 0.15) is 5.75 Å². The highest BCUT2D eigenvalue weighted by molar-refractivity contribution is 6.12. The highest BCUT2D eigenvalue weighted by Crippen LogP contribution is 2.45. The Kier molecular flexibility index (Phi) is 2.78. The van der Waals surface area contributed by atoms with Crippen molar-refractivity contribution in [2.45, 2.75) is 19.3 Å². The monoisotopic (exact) mass is 267 g/mol. The average Bonchev–Trinajstić information content (AvgIpc) is 2.67. The van der Waals surface area contributed by atoms with Crippen LogP contribution >= 0.6 is 0 Å². The number of rotatable bonds is 2. The topological polar surface area (TPSA) is 29.5 Å². The second kappa shape index (κ2) is 4.37. The van der Waals surface area contributed by atoms with Gasteiger partial charge in [0.25, 0.3) is 0 Å². The number of benzene rings is 2. The Morgan fingerprint density at radius 2 is 1.80 bits per heavy atom. The van der Waals surface area contributed by atoms with Crippen molar-refractivity contribution in [3.05, 3.63) is 54.1 Å². The van der Waals surface area contributed by atoms with Crippen molar-refractivity contribution in [2.75, 3.05) is 12.0 Å². The normalized spacial score (nSPS) is 16.1. The molecular formula is C17H17NO2. The van der Waals surface area contributed by atoms with Gasteiger partial charge in [0.05, 0.1) is 23.9 Å². The van der Waals surface area contributed by atoms with Crippen LogP contribution < -0.4 is 9.64 Å². The molecule has 0 aliphatic carbocycles. The van der Waals surface area contributed by atoms with E-state index in [1.165, 1.54) is 0 Å². The summed E-state index contributed by atoms with van der Waals surface area (Å²) >= 11 is 0.